The van der Waals surface area contributed by atoms with Crippen molar-refractivity contribution in [1.82, 2.24) is 9.13 Å². The van der Waals surface area contributed by atoms with Crippen LogP contribution in [0.3, 0.4) is 0 Å². The molecule has 0 saturated carbocycles. The molecule has 4 aromatic heterocycles. The van der Waals surface area contributed by atoms with E-state index in [1.165, 1.54) is 44.9 Å². The van der Waals surface area contributed by atoms with E-state index in [2.05, 4.69) is 165 Å². The first-order chi connectivity index (χ1) is 36.6. The van der Waals surface area contributed by atoms with Crippen LogP contribution in [0.2, 0.25) is 30.1 Å². The van der Waals surface area contributed by atoms with Gasteiger partial charge in [0.15, 0.2) is 11.5 Å². The van der Waals surface area contributed by atoms with E-state index in [1.54, 1.807) is 12.1 Å². The third-order valence-corrected chi connectivity index (χ3v) is 19.2. The number of hydrogen-bond acceptors (Lipinski definition) is 6. The van der Waals surface area contributed by atoms with Crippen molar-refractivity contribution in [3.05, 3.63) is 148 Å². The van der Waals surface area contributed by atoms with Crippen LogP contribution in [-0.2, 0) is 21.7 Å². The van der Waals surface area contributed by atoms with Crippen LogP contribution >= 0.6 is 92.3 Å². The molecule has 10 aromatic rings. The molecule has 0 atom stereocenters. The number of nitrogens with zero attached hydrogens (tertiary/aromatic N) is 2. The Morgan fingerprint density at radius 3 is 0.962 bits per heavy atom. The molecule has 0 radical (unpaired) electrons. The molecule has 2 N–H and O–H groups in total. The van der Waals surface area contributed by atoms with Crippen LogP contribution in [0.4, 0.5) is 0 Å². The van der Waals surface area contributed by atoms with E-state index in [0.717, 1.165) is 43.6 Å². The highest BCUT2D eigenvalue weighted by molar-refractivity contribution is 7.15. The van der Waals surface area contributed by atoms with Crippen LogP contribution in [0.1, 0.15) is 118 Å². The summed E-state index contributed by atoms with van der Waals surface area (Å²) in [5, 5.41) is 34.0. The smallest absolute Gasteiger partial charge is 0.158 e. The Balaban J connectivity index is 0.919. The van der Waals surface area contributed by atoms with Gasteiger partial charge in [-0.3, -0.25) is 0 Å². The van der Waals surface area contributed by atoms with Gasteiger partial charge in [0.25, 0.3) is 0 Å². The molecule has 14 heteroatoms. The molecule has 0 saturated heterocycles. The number of fused-ring (bicyclic) bond motifs is 6. The van der Waals surface area contributed by atoms with Crippen molar-refractivity contribution >= 4 is 136 Å². The van der Waals surface area contributed by atoms with E-state index >= 15 is 0 Å². The molecule has 0 aliphatic heterocycles. The monoisotopic (exact) mass is 1200 g/mol. The average Bonchev–Trinajstić information content (AvgIpc) is 4.27. The second-order valence-electron chi connectivity index (χ2n) is 24.3. The van der Waals surface area contributed by atoms with Gasteiger partial charge in [-0.15, -0.1) is 22.7 Å². The fourth-order valence-corrected chi connectivity index (χ4v) is 13.6. The zero-order valence-corrected chi connectivity index (χ0v) is 51.9. The molecule has 0 unspecified atom stereocenters. The summed E-state index contributed by atoms with van der Waals surface area (Å²) in [6, 6.07) is 29.6. The Morgan fingerprint density at radius 1 is 0.410 bits per heavy atom. The van der Waals surface area contributed by atoms with Gasteiger partial charge < -0.3 is 28.8 Å². The first-order valence-electron chi connectivity index (χ1n) is 26.0. The first-order valence-corrected chi connectivity index (χ1v) is 30.0. The lowest BCUT2D eigenvalue weighted by Crippen LogP contribution is -2.10. The summed E-state index contributed by atoms with van der Waals surface area (Å²) >= 11 is 43.6. The normalized spacial score (nSPS) is 12.8. The molecule has 6 aromatic carbocycles. The molecule has 10 rings (SSSR count). The molecule has 6 nitrogen and oxygen atoms in total. The molecule has 4 heterocycles. The standard InChI is InChI=1S/C64H62Cl6N2O4S2/c1-61(2,3)33-15-19-43-37(25-33)38-26-34(62(4,5)6)16-20-44(38)71(43)47-31-77-59(57(47)73)51-49(29-41(65)53(67)55(51)69)75-23-13-14-24-76-50-30-42(66)54(68)56(70)52(50)60-58(74)48(32-78-60)72-45-21-17-35(63(7,8)9)27-39(45)40-28-36(64(10,11)12)18-22-46(40)72/h15-22,25-32,73-74H,13-14,23-24H2,1-12H3. The molecule has 406 valence electrons. The number of halogens is 6. The number of aromatic nitrogens is 2. The minimum atomic E-state index is -0.0646. The van der Waals surface area contributed by atoms with Crippen LogP contribution in [-0.4, -0.2) is 32.6 Å². The van der Waals surface area contributed by atoms with Crippen LogP contribution in [0.15, 0.2) is 95.7 Å². The maximum Gasteiger partial charge on any atom is 0.158 e. The fourth-order valence-electron chi connectivity index (χ4n) is 10.2. The van der Waals surface area contributed by atoms with Gasteiger partial charge in [0.1, 0.15) is 11.5 Å². The van der Waals surface area contributed by atoms with E-state index in [1.807, 2.05) is 10.8 Å². The van der Waals surface area contributed by atoms with Gasteiger partial charge in [-0.05, 0) is 105 Å². The van der Waals surface area contributed by atoms with E-state index in [-0.39, 0.29) is 76.5 Å². The molecular formula is C64H62Cl6N2O4S2. The van der Waals surface area contributed by atoms with Crippen LogP contribution in [0.5, 0.6) is 23.0 Å². The van der Waals surface area contributed by atoms with Crippen molar-refractivity contribution in [2.24, 2.45) is 0 Å². The Bertz CT molecular complexity index is 3620. The molecule has 0 amide bonds. The third kappa shape index (κ3) is 10.1. The second-order valence-corrected chi connectivity index (χ2v) is 28.4. The van der Waals surface area contributed by atoms with Gasteiger partial charge >= 0.3 is 0 Å². The number of rotatable bonds is 11. The predicted molar refractivity (Wildman–Crippen MR) is 337 cm³/mol. The highest BCUT2D eigenvalue weighted by Crippen LogP contribution is 2.54. The summed E-state index contributed by atoms with van der Waals surface area (Å²) in [5.74, 6) is 0.829. The van der Waals surface area contributed by atoms with Crippen LogP contribution < -0.4 is 9.47 Å². The van der Waals surface area contributed by atoms with Crippen molar-refractivity contribution in [3.63, 3.8) is 0 Å². The molecule has 0 spiro atoms. The van der Waals surface area contributed by atoms with Crippen molar-refractivity contribution in [2.45, 2.75) is 118 Å². The lowest BCUT2D eigenvalue weighted by molar-refractivity contribution is 0.267. The third-order valence-electron chi connectivity index (χ3n) is 14.7. The fraction of sp³-hybridized carbons (Fsp3) is 0.312. The minimum Gasteiger partial charge on any atom is -0.504 e. The molecule has 0 aliphatic carbocycles. The number of ether oxygens (including phenoxy) is 2. The van der Waals surface area contributed by atoms with E-state index < -0.39 is 0 Å². The number of benzene rings is 6. The van der Waals surface area contributed by atoms with E-state index in [4.69, 9.17) is 79.1 Å². The predicted octanol–water partition coefficient (Wildman–Crippen LogP) is 22.1. The second kappa shape index (κ2) is 20.7. The quantitative estimate of drug-likeness (QED) is 0.100. The summed E-state index contributed by atoms with van der Waals surface area (Å²) in [5.41, 5.74) is 10.6. The average molecular weight is 1200 g/mol. The van der Waals surface area contributed by atoms with Crippen LogP contribution in [0.25, 0.3) is 75.9 Å². The number of hydrogen-bond donors (Lipinski definition) is 2. The SMILES string of the molecule is CC(C)(C)c1ccc2c(c1)c1cc(C(C)(C)C)ccc1n2-c1csc(-c2c(OCCCCOc3cc(Cl)c(Cl)c(Cl)c3-c3scc(-n4c5ccc(C(C)(C)C)cc5c5cc(C(C)(C)C)ccc54)c3O)cc(Cl)c(Cl)c2Cl)c1O. The van der Waals surface area contributed by atoms with Crippen LogP contribution in [0, 0.1) is 0 Å². The Hall–Kier alpha value is -4.74. The van der Waals surface area contributed by atoms with Crippen molar-refractivity contribution < 1.29 is 19.7 Å². The van der Waals surface area contributed by atoms with Gasteiger partial charge in [0.05, 0.1) is 97.7 Å². The van der Waals surface area contributed by atoms with Crippen molar-refractivity contribution in [1.29, 1.82) is 0 Å². The van der Waals surface area contributed by atoms with E-state index in [0.29, 0.717) is 56.6 Å². The highest BCUT2D eigenvalue weighted by atomic mass is 35.5. The lowest BCUT2D eigenvalue weighted by atomic mass is 9.85. The number of aromatic hydroxyl groups is 2. The highest BCUT2D eigenvalue weighted by Gasteiger charge is 2.30. The summed E-state index contributed by atoms with van der Waals surface area (Å²) in [7, 11) is 0. The molecule has 0 aliphatic rings. The van der Waals surface area contributed by atoms with Gasteiger partial charge in [0.2, 0.25) is 0 Å². The van der Waals surface area contributed by atoms with Gasteiger partial charge in [-0.25, -0.2) is 0 Å². The van der Waals surface area contributed by atoms with Crippen molar-refractivity contribution in [3.8, 4) is 55.3 Å². The zero-order valence-electron chi connectivity index (χ0n) is 45.8. The number of unbranched alkanes of at least 4 members (excludes halogenated alkanes) is 1. The zero-order chi connectivity index (χ0) is 56.3. The Kier molecular flexibility index (Phi) is 15.0. The topological polar surface area (TPSA) is 68.8 Å². The molecule has 78 heavy (non-hydrogen) atoms. The maximum atomic E-state index is 12.3. The van der Waals surface area contributed by atoms with E-state index in [9.17, 15) is 10.2 Å². The van der Waals surface area contributed by atoms with Crippen molar-refractivity contribution in [2.75, 3.05) is 13.2 Å². The Labute approximate surface area is 494 Å². The molecule has 0 bridgehead atoms. The lowest BCUT2D eigenvalue weighted by Gasteiger charge is -2.19. The molecule has 0 fully saturated rings. The summed E-state index contributed by atoms with van der Waals surface area (Å²) in [4.78, 5) is 0.983. The largest absolute Gasteiger partial charge is 0.504 e. The number of thiophene rings is 2. The summed E-state index contributed by atoms with van der Waals surface area (Å²) in [6.45, 7) is 27.1. The maximum absolute atomic E-state index is 12.3. The summed E-state index contributed by atoms with van der Waals surface area (Å²) in [6.07, 6.45) is 1.10. The van der Waals surface area contributed by atoms with Gasteiger partial charge in [-0.2, -0.15) is 0 Å². The molecular weight excluding hydrogens is 1140 g/mol. The first kappa shape index (κ1) is 56.5. The van der Waals surface area contributed by atoms with Gasteiger partial charge in [0, 0.05) is 44.4 Å². The Morgan fingerprint density at radius 2 is 0.692 bits per heavy atom. The van der Waals surface area contributed by atoms with Gasteiger partial charge in [-0.1, -0.05) is 177 Å². The summed E-state index contributed by atoms with van der Waals surface area (Å²) < 4.78 is 17.2. The minimum absolute atomic E-state index is 0.0385.